The fourth-order valence-corrected chi connectivity index (χ4v) is 2.14. The predicted molar refractivity (Wildman–Crippen MR) is 67.9 cm³/mol. The summed E-state index contributed by atoms with van der Waals surface area (Å²) in [7, 11) is 0. The third kappa shape index (κ3) is 2.42. The first kappa shape index (κ1) is 11.4. The standard InChI is InChI=1S/C13H16N4O/c1-2-4-10(5-3-1)13-12(15-17-16-13)8-14-11-6-7-18-9-11/h1-5,11,14H,6-9H2,(H,15,16,17). The fraction of sp³-hybridized carbons (Fsp3) is 0.385. The van der Waals surface area contributed by atoms with Crippen molar-refractivity contribution in [2.45, 2.75) is 19.0 Å². The lowest BCUT2D eigenvalue weighted by molar-refractivity contribution is 0.189. The minimum absolute atomic E-state index is 0.435. The first-order valence-corrected chi connectivity index (χ1v) is 6.19. The van der Waals surface area contributed by atoms with Gasteiger partial charge in [0.05, 0.1) is 6.61 Å². The number of nitrogens with one attached hydrogen (secondary N) is 2. The van der Waals surface area contributed by atoms with E-state index in [4.69, 9.17) is 4.74 Å². The molecule has 2 aromatic rings. The average molecular weight is 244 g/mol. The van der Waals surface area contributed by atoms with E-state index in [2.05, 4.69) is 20.7 Å². The van der Waals surface area contributed by atoms with Crippen LogP contribution in [0.5, 0.6) is 0 Å². The van der Waals surface area contributed by atoms with Crippen LogP contribution in [-0.4, -0.2) is 34.7 Å². The molecular weight excluding hydrogens is 228 g/mol. The number of aromatic nitrogens is 3. The van der Waals surface area contributed by atoms with E-state index in [0.717, 1.165) is 43.1 Å². The molecule has 0 radical (unpaired) electrons. The van der Waals surface area contributed by atoms with E-state index in [1.165, 1.54) is 0 Å². The van der Waals surface area contributed by atoms with Crippen LogP contribution < -0.4 is 5.32 Å². The molecule has 0 bridgehead atoms. The molecule has 1 saturated heterocycles. The van der Waals surface area contributed by atoms with Gasteiger partial charge in [0.15, 0.2) is 0 Å². The first-order chi connectivity index (χ1) is 8.93. The number of hydrogen-bond acceptors (Lipinski definition) is 4. The van der Waals surface area contributed by atoms with Crippen molar-refractivity contribution in [1.82, 2.24) is 20.7 Å². The van der Waals surface area contributed by atoms with E-state index in [-0.39, 0.29) is 0 Å². The largest absolute Gasteiger partial charge is 0.380 e. The summed E-state index contributed by atoms with van der Waals surface area (Å²) in [6.07, 6.45) is 1.07. The van der Waals surface area contributed by atoms with Crippen molar-refractivity contribution < 1.29 is 4.74 Å². The lowest BCUT2D eigenvalue weighted by Crippen LogP contribution is -2.28. The number of ether oxygens (including phenoxy) is 1. The molecule has 1 unspecified atom stereocenters. The third-order valence-electron chi connectivity index (χ3n) is 3.16. The van der Waals surface area contributed by atoms with Crippen LogP contribution in [0.4, 0.5) is 0 Å². The van der Waals surface area contributed by atoms with Crippen LogP contribution in [-0.2, 0) is 11.3 Å². The number of hydrogen-bond donors (Lipinski definition) is 2. The Morgan fingerprint density at radius 1 is 1.28 bits per heavy atom. The molecule has 1 aliphatic rings. The Morgan fingerprint density at radius 2 is 2.17 bits per heavy atom. The maximum atomic E-state index is 5.34. The van der Waals surface area contributed by atoms with Crippen LogP contribution in [0.25, 0.3) is 11.3 Å². The van der Waals surface area contributed by atoms with Crippen molar-refractivity contribution in [3.05, 3.63) is 36.0 Å². The molecule has 0 saturated carbocycles. The van der Waals surface area contributed by atoms with Crippen molar-refractivity contribution in [3.8, 4) is 11.3 Å². The maximum Gasteiger partial charge on any atom is 0.117 e. The molecule has 5 nitrogen and oxygen atoms in total. The van der Waals surface area contributed by atoms with Gasteiger partial charge < -0.3 is 10.1 Å². The fourth-order valence-electron chi connectivity index (χ4n) is 2.14. The van der Waals surface area contributed by atoms with Gasteiger partial charge in [0.1, 0.15) is 11.4 Å². The lowest BCUT2D eigenvalue weighted by atomic mass is 10.1. The monoisotopic (exact) mass is 244 g/mol. The molecule has 1 aromatic heterocycles. The van der Waals surface area contributed by atoms with Crippen LogP contribution in [0.3, 0.4) is 0 Å². The van der Waals surface area contributed by atoms with E-state index in [0.29, 0.717) is 6.04 Å². The smallest absolute Gasteiger partial charge is 0.117 e. The van der Waals surface area contributed by atoms with Crippen molar-refractivity contribution in [2.75, 3.05) is 13.2 Å². The molecule has 0 aliphatic carbocycles. The minimum Gasteiger partial charge on any atom is -0.380 e. The highest BCUT2D eigenvalue weighted by molar-refractivity contribution is 5.60. The minimum atomic E-state index is 0.435. The van der Waals surface area contributed by atoms with Gasteiger partial charge in [-0.3, -0.25) is 0 Å². The van der Waals surface area contributed by atoms with Gasteiger partial charge in [0.25, 0.3) is 0 Å². The van der Waals surface area contributed by atoms with Gasteiger partial charge in [-0.2, -0.15) is 15.4 Å². The molecule has 0 amide bonds. The van der Waals surface area contributed by atoms with Crippen LogP contribution in [0, 0.1) is 0 Å². The van der Waals surface area contributed by atoms with Crippen molar-refractivity contribution >= 4 is 0 Å². The van der Waals surface area contributed by atoms with Crippen LogP contribution in [0.1, 0.15) is 12.1 Å². The molecule has 2 heterocycles. The Hall–Kier alpha value is -1.72. The van der Waals surface area contributed by atoms with E-state index >= 15 is 0 Å². The van der Waals surface area contributed by atoms with E-state index in [9.17, 15) is 0 Å². The van der Waals surface area contributed by atoms with Gasteiger partial charge in [-0.05, 0) is 6.42 Å². The molecule has 1 fully saturated rings. The van der Waals surface area contributed by atoms with Gasteiger partial charge in [0.2, 0.25) is 0 Å². The Morgan fingerprint density at radius 3 is 2.94 bits per heavy atom. The molecular formula is C13H16N4O. The summed E-state index contributed by atoms with van der Waals surface area (Å²) in [4.78, 5) is 0. The summed E-state index contributed by atoms with van der Waals surface area (Å²) >= 11 is 0. The van der Waals surface area contributed by atoms with Crippen molar-refractivity contribution in [1.29, 1.82) is 0 Å². The van der Waals surface area contributed by atoms with Crippen molar-refractivity contribution in [2.24, 2.45) is 0 Å². The molecule has 1 aliphatic heterocycles. The SMILES string of the molecule is c1ccc(-c2n[nH]nc2CNC2CCOC2)cc1. The molecule has 0 spiro atoms. The Bertz CT molecular complexity index is 491. The van der Waals surface area contributed by atoms with Gasteiger partial charge in [-0.15, -0.1) is 0 Å². The Kier molecular flexibility index (Phi) is 3.34. The zero-order valence-electron chi connectivity index (χ0n) is 10.1. The Labute approximate surface area is 106 Å². The highest BCUT2D eigenvalue weighted by atomic mass is 16.5. The first-order valence-electron chi connectivity index (χ1n) is 6.19. The second-order valence-electron chi connectivity index (χ2n) is 4.43. The molecule has 3 rings (SSSR count). The topological polar surface area (TPSA) is 62.8 Å². The number of aromatic amines is 1. The third-order valence-corrected chi connectivity index (χ3v) is 3.16. The second kappa shape index (κ2) is 5.29. The quantitative estimate of drug-likeness (QED) is 0.852. The summed E-state index contributed by atoms with van der Waals surface area (Å²) in [5.41, 5.74) is 2.96. The molecule has 1 atom stereocenters. The van der Waals surface area contributed by atoms with Gasteiger partial charge in [0, 0.05) is 24.8 Å². The molecule has 18 heavy (non-hydrogen) atoms. The average Bonchev–Trinajstić information content (AvgIpc) is 3.09. The number of rotatable bonds is 4. The Balaban J connectivity index is 1.71. The molecule has 2 N–H and O–H groups in total. The normalized spacial score (nSPS) is 19.2. The zero-order valence-corrected chi connectivity index (χ0v) is 10.1. The summed E-state index contributed by atoms with van der Waals surface area (Å²) in [6.45, 7) is 2.36. The van der Waals surface area contributed by atoms with E-state index in [1.807, 2.05) is 30.3 Å². The number of H-pyrrole nitrogens is 1. The van der Waals surface area contributed by atoms with Crippen molar-refractivity contribution in [3.63, 3.8) is 0 Å². The van der Waals surface area contributed by atoms with Crippen LogP contribution in [0.15, 0.2) is 30.3 Å². The summed E-state index contributed by atoms with van der Waals surface area (Å²) < 4.78 is 5.34. The number of benzene rings is 1. The van der Waals surface area contributed by atoms with Gasteiger partial charge in [-0.25, -0.2) is 0 Å². The predicted octanol–water partition coefficient (Wildman–Crippen LogP) is 1.35. The summed E-state index contributed by atoms with van der Waals surface area (Å²) in [5, 5.41) is 14.6. The van der Waals surface area contributed by atoms with E-state index < -0.39 is 0 Å². The summed E-state index contributed by atoms with van der Waals surface area (Å²) in [5.74, 6) is 0. The molecule has 5 heteroatoms. The van der Waals surface area contributed by atoms with Gasteiger partial charge in [-0.1, -0.05) is 30.3 Å². The van der Waals surface area contributed by atoms with Gasteiger partial charge >= 0.3 is 0 Å². The second-order valence-corrected chi connectivity index (χ2v) is 4.43. The molecule has 94 valence electrons. The molecule has 1 aromatic carbocycles. The zero-order chi connectivity index (χ0) is 12.2. The highest BCUT2D eigenvalue weighted by Gasteiger charge is 2.16. The highest BCUT2D eigenvalue weighted by Crippen LogP contribution is 2.19. The maximum absolute atomic E-state index is 5.34. The van der Waals surface area contributed by atoms with E-state index in [1.54, 1.807) is 0 Å². The summed E-state index contributed by atoms with van der Waals surface area (Å²) in [6, 6.07) is 10.5. The number of nitrogens with zero attached hydrogens (tertiary/aromatic N) is 2. The lowest BCUT2D eigenvalue weighted by Gasteiger charge is -2.09. The van der Waals surface area contributed by atoms with Crippen LogP contribution >= 0.6 is 0 Å². The van der Waals surface area contributed by atoms with Crippen LogP contribution in [0.2, 0.25) is 0 Å².